The molecule has 2 nitrogen and oxygen atoms in total. The number of hydrogen-bond acceptors (Lipinski definition) is 2. The van der Waals surface area contributed by atoms with Gasteiger partial charge in [0.25, 0.3) is 0 Å². The van der Waals surface area contributed by atoms with Gasteiger partial charge in [0.2, 0.25) is 0 Å². The van der Waals surface area contributed by atoms with Crippen LogP contribution in [0.2, 0.25) is 0 Å². The summed E-state index contributed by atoms with van der Waals surface area (Å²) in [7, 11) is 0. The normalized spacial score (nSPS) is 12.9. The van der Waals surface area contributed by atoms with Crippen LogP contribution in [0.1, 0.15) is 5.69 Å². The highest BCUT2D eigenvalue weighted by atomic mass is 14.9. The van der Waals surface area contributed by atoms with Gasteiger partial charge in [0.05, 0.1) is 17.1 Å². The standard InChI is InChI=1S/C56H36N2/c1-3-15-35(16-4-1)52-43-21-9-10-22-44(43)53(36-17-5-2-6-18-36)56-46-31-30-41(42-23-13-24-45(54(42)46)55(52)56)48-33-37-28-29-38(34-47(37)39-19-7-8-20-40(39)48)49-26-14-27-51(58-49)50-25-11-12-32-57-50/h1-31,33-34,57H,32H2. The largest absolute Gasteiger partial charge is 0.380 e. The number of pyridine rings is 1. The summed E-state index contributed by atoms with van der Waals surface area (Å²) in [6, 6.07) is 67.0. The first-order valence-corrected chi connectivity index (χ1v) is 20.1. The highest BCUT2D eigenvalue weighted by Crippen LogP contribution is 2.58. The van der Waals surface area contributed by atoms with Crippen molar-refractivity contribution in [3.05, 3.63) is 206 Å². The summed E-state index contributed by atoms with van der Waals surface area (Å²) in [6.45, 7) is 0.814. The molecule has 2 aliphatic rings. The average molecular weight is 737 g/mol. The van der Waals surface area contributed by atoms with Crippen molar-refractivity contribution in [1.82, 2.24) is 10.3 Å². The molecule has 1 aliphatic heterocycles. The lowest BCUT2D eigenvalue weighted by Gasteiger charge is -2.20. The third-order valence-electron chi connectivity index (χ3n) is 12.2. The first kappa shape index (κ1) is 32.7. The minimum atomic E-state index is 0.814. The molecule has 2 heterocycles. The molecule has 0 bridgehead atoms. The van der Waals surface area contributed by atoms with Crippen LogP contribution in [0.4, 0.5) is 0 Å². The highest BCUT2D eigenvalue weighted by molar-refractivity contribution is 6.29. The van der Waals surface area contributed by atoms with Crippen LogP contribution in [0.3, 0.4) is 0 Å². The number of nitrogens with zero attached hydrogens (tertiary/aromatic N) is 1. The molecule has 270 valence electrons. The molecule has 58 heavy (non-hydrogen) atoms. The van der Waals surface area contributed by atoms with E-state index in [1.165, 1.54) is 98.7 Å². The second kappa shape index (κ2) is 13.0. The third-order valence-corrected chi connectivity index (χ3v) is 12.2. The van der Waals surface area contributed by atoms with E-state index in [0.29, 0.717) is 0 Å². The van der Waals surface area contributed by atoms with E-state index in [4.69, 9.17) is 4.98 Å². The van der Waals surface area contributed by atoms with Crippen molar-refractivity contribution in [3.63, 3.8) is 0 Å². The molecule has 0 unspecified atom stereocenters. The van der Waals surface area contributed by atoms with Gasteiger partial charge in [-0.15, -0.1) is 0 Å². The molecule has 2 heteroatoms. The van der Waals surface area contributed by atoms with Crippen LogP contribution in [0, 0.1) is 0 Å². The Hall–Kier alpha value is -7.55. The zero-order chi connectivity index (χ0) is 38.2. The first-order valence-electron chi connectivity index (χ1n) is 20.1. The fraction of sp³-hybridized carbons (Fsp3) is 0.0179. The number of aromatic nitrogens is 1. The van der Waals surface area contributed by atoms with Crippen LogP contribution in [0.25, 0.3) is 116 Å². The van der Waals surface area contributed by atoms with Gasteiger partial charge in [-0.2, -0.15) is 0 Å². The molecule has 1 aromatic heterocycles. The van der Waals surface area contributed by atoms with Gasteiger partial charge in [0.15, 0.2) is 0 Å². The molecule has 10 aromatic rings. The van der Waals surface area contributed by atoms with Crippen molar-refractivity contribution in [2.24, 2.45) is 0 Å². The predicted molar refractivity (Wildman–Crippen MR) is 246 cm³/mol. The number of rotatable bonds is 5. The molecular formula is C56H36N2. The van der Waals surface area contributed by atoms with E-state index in [1.807, 2.05) is 0 Å². The van der Waals surface area contributed by atoms with Gasteiger partial charge in [-0.05, 0) is 129 Å². The monoisotopic (exact) mass is 736 g/mol. The van der Waals surface area contributed by atoms with E-state index in [9.17, 15) is 0 Å². The van der Waals surface area contributed by atoms with Crippen molar-refractivity contribution in [3.8, 4) is 66.9 Å². The molecule has 1 N–H and O–H groups in total. The first-order chi connectivity index (χ1) is 28.8. The topological polar surface area (TPSA) is 24.9 Å². The highest BCUT2D eigenvalue weighted by Gasteiger charge is 2.31. The molecule has 0 radical (unpaired) electrons. The molecule has 0 amide bonds. The molecule has 1 aliphatic carbocycles. The number of dihydropyridines is 1. The minimum Gasteiger partial charge on any atom is -0.380 e. The smallest absolute Gasteiger partial charge is 0.0868 e. The number of benzene rings is 9. The second-order valence-electron chi connectivity index (χ2n) is 15.4. The maximum Gasteiger partial charge on any atom is 0.0868 e. The molecule has 0 saturated heterocycles. The Bertz CT molecular complexity index is 3280. The Morgan fingerprint density at radius 1 is 0.379 bits per heavy atom. The van der Waals surface area contributed by atoms with Gasteiger partial charge in [-0.3, -0.25) is 0 Å². The molecule has 12 rings (SSSR count). The summed E-state index contributed by atoms with van der Waals surface area (Å²) < 4.78 is 0. The number of hydrogen-bond donors (Lipinski definition) is 1. The average Bonchev–Trinajstić information content (AvgIpc) is 3.63. The van der Waals surface area contributed by atoms with E-state index in [2.05, 4.69) is 206 Å². The summed E-state index contributed by atoms with van der Waals surface area (Å²) in [5.74, 6) is 0. The molecule has 0 saturated carbocycles. The predicted octanol–water partition coefficient (Wildman–Crippen LogP) is 14.5. The second-order valence-corrected chi connectivity index (χ2v) is 15.4. The van der Waals surface area contributed by atoms with Gasteiger partial charge in [-0.1, -0.05) is 170 Å². The summed E-state index contributed by atoms with van der Waals surface area (Å²) >= 11 is 0. The quantitative estimate of drug-likeness (QED) is 0.178. The van der Waals surface area contributed by atoms with Crippen LogP contribution < -0.4 is 5.32 Å². The van der Waals surface area contributed by atoms with Crippen molar-refractivity contribution < 1.29 is 0 Å². The number of nitrogens with one attached hydrogen (secondary N) is 1. The maximum atomic E-state index is 5.10. The van der Waals surface area contributed by atoms with Gasteiger partial charge in [0, 0.05) is 12.1 Å². The molecule has 0 fully saturated rings. The number of fused-ring (bicyclic) bond motifs is 7. The SMILES string of the molecule is C1=CCNC(c2cccc(-c3ccc4cc(-c5ccc6c7c(cccc57)-c5c-6c(-c6ccccc6)c6ccccc6c5-c5ccccc5)c5ccccc5c4c3)n2)=C1. The van der Waals surface area contributed by atoms with Crippen molar-refractivity contribution in [1.29, 1.82) is 0 Å². The lowest BCUT2D eigenvalue weighted by atomic mass is 9.82. The maximum absolute atomic E-state index is 5.10. The number of allylic oxidation sites excluding steroid dienone is 2. The molecule has 0 spiro atoms. The van der Waals surface area contributed by atoms with E-state index < -0.39 is 0 Å². The Morgan fingerprint density at radius 3 is 1.69 bits per heavy atom. The lowest BCUT2D eigenvalue weighted by molar-refractivity contribution is 0.982. The Morgan fingerprint density at radius 2 is 0.983 bits per heavy atom. The van der Waals surface area contributed by atoms with E-state index in [1.54, 1.807) is 0 Å². The van der Waals surface area contributed by atoms with Gasteiger partial charge >= 0.3 is 0 Å². The van der Waals surface area contributed by atoms with Crippen LogP contribution in [-0.2, 0) is 0 Å². The molecular weight excluding hydrogens is 701 g/mol. The van der Waals surface area contributed by atoms with Crippen LogP contribution in [0.15, 0.2) is 200 Å². The van der Waals surface area contributed by atoms with Crippen LogP contribution >= 0.6 is 0 Å². The summed E-state index contributed by atoms with van der Waals surface area (Å²) in [5.41, 5.74) is 16.9. The van der Waals surface area contributed by atoms with Gasteiger partial charge < -0.3 is 5.32 Å². The van der Waals surface area contributed by atoms with Crippen molar-refractivity contribution in [2.75, 3.05) is 6.54 Å². The van der Waals surface area contributed by atoms with Crippen LogP contribution in [-0.4, -0.2) is 11.5 Å². The summed E-state index contributed by atoms with van der Waals surface area (Å²) in [5, 5.41) is 13.5. The van der Waals surface area contributed by atoms with E-state index in [0.717, 1.165) is 29.2 Å². The van der Waals surface area contributed by atoms with E-state index in [-0.39, 0.29) is 0 Å². The lowest BCUT2D eigenvalue weighted by Crippen LogP contribution is -2.15. The Labute approximate surface area is 337 Å². The fourth-order valence-corrected chi connectivity index (χ4v) is 9.71. The van der Waals surface area contributed by atoms with Crippen molar-refractivity contribution in [2.45, 2.75) is 0 Å². The minimum absolute atomic E-state index is 0.814. The third kappa shape index (κ3) is 4.95. The fourth-order valence-electron chi connectivity index (χ4n) is 9.71. The zero-order valence-electron chi connectivity index (χ0n) is 31.7. The molecule has 0 atom stereocenters. The van der Waals surface area contributed by atoms with Crippen molar-refractivity contribution >= 4 is 48.8 Å². The van der Waals surface area contributed by atoms with Crippen LogP contribution in [0.5, 0.6) is 0 Å². The summed E-state index contributed by atoms with van der Waals surface area (Å²) in [4.78, 5) is 5.10. The van der Waals surface area contributed by atoms with Gasteiger partial charge in [-0.25, -0.2) is 4.98 Å². The zero-order valence-corrected chi connectivity index (χ0v) is 31.7. The Kier molecular flexibility index (Phi) is 7.33. The summed E-state index contributed by atoms with van der Waals surface area (Å²) in [6.07, 6.45) is 6.30. The van der Waals surface area contributed by atoms with E-state index >= 15 is 0 Å². The Balaban J connectivity index is 1.09. The van der Waals surface area contributed by atoms with Gasteiger partial charge in [0.1, 0.15) is 0 Å². The molecule has 9 aromatic carbocycles.